The first-order valence-electron chi connectivity index (χ1n) is 8.73. The molecule has 1 amide bonds. The molecule has 2 unspecified atom stereocenters. The fraction of sp³-hybridized carbons (Fsp3) is 0.300. The van der Waals surface area contributed by atoms with Crippen molar-refractivity contribution in [1.82, 2.24) is 4.90 Å². The van der Waals surface area contributed by atoms with Crippen molar-refractivity contribution in [2.75, 3.05) is 12.4 Å². The van der Waals surface area contributed by atoms with Crippen LogP contribution in [0.2, 0.25) is 15.1 Å². The summed E-state index contributed by atoms with van der Waals surface area (Å²) in [4.78, 5) is 27.5. The standard InChI is InChI=1S/C20H18Cl3NO3S/c1-2-8-27-20(26)17-11-28-19(12-4-3-5-13(21)9-12)24(17)18(25)15-7-6-14(22)10-16(15)23/h3-7,9-10,17,19H,2,8,11H2,1H3. The van der Waals surface area contributed by atoms with Gasteiger partial charge in [-0.15, -0.1) is 11.8 Å². The number of thioether (sulfide) groups is 1. The van der Waals surface area contributed by atoms with Crippen LogP contribution in [0, 0.1) is 0 Å². The molecule has 0 spiro atoms. The van der Waals surface area contributed by atoms with Gasteiger partial charge in [-0.25, -0.2) is 4.79 Å². The molecule has 0 radical (unpaired) electrons. The van der Waals surface area contributed by atoms with Crippen LogP contribution in [0.4, 0.5) is 0 Å². The summed E-state index contributed by atoms with van der Waals surface area (Å²) in [6, 6.07) is 11.2. The molecule has 1 saturated heterocycles. The number of carbonyl (C=O) groups is 2. The molecule has 2 aromatic rings. The van der Waals surface area contributed by atoms with E-state index in [1.165, 1.54) is 22.7 Å². The molecular weight excluding hydrogens is 441 g/mol. The highest BCUT2D eigenvalue weighted by Crippen LogP contribution is 2.43. The Morgan fingerprint density at radius 1 is 1.14 bits per heavy atom. The Morgan fingerprint density at radius 3 is 2.57 bits per heavy atom. The number of benzene rings is 2. The lowest BCUT2D eigenvalue weighted by molar-refractivity contribution is -0.148. The molecule has 3 rings (SSSR count). The van der Waals surface area contributed by atoms with Gasteiger partial charge < -0.3 is 9.64 Å². The molecule has 0 saturated carbocycles. The zero-order chi connectivity index (χ0) is 20.3. The van der Waals surface area contributed by atoms with E-state index in [1.54, 1.807) is 24.3 Å². The van der Waals surface area contributed by atoms with Crippen molar-refractivity contribution < 1.29 is 14.3 Å². The lowest BCUT2D eigenvalue weighted by Gasteiger charge is -2.29. The summed E-state index contributed by atoms with van der Waals surface area (Å²) in [5.74, 6) is -0.344. The van der Waals surface area contributed by atoms with E-state index in [0.29, 0.717) is 28.8 Å². The fourth-order valence-electron chi connectivity index (χ4n) is 2.95. The molecular formula is C20H18Cl3NO3S. The summed E-state index contributed by atoms with van der Waals surface area (Å²) in [6.45, 7) is 2.23. The molecule has 4 nitrogen and oxygen atoms in total. The second-order valence-corrected chi connectivity index (χ2v) is 8.65. The van der Waals surface area contributed by atoms with Gasteiger partial charge in [-0.1, -0.05) is 53.9 Å². The smallest absolute Gasteiger partial charge is 0.329 e. The predicted molar refractivity (Wildman–Crippen MR) is 114 cm³/mol. The van der Waals surface area contributed by atoms with Crippen LogP contribution < -0.4 is 0 Å². The molecule has 1 aliphatic heterocycles. The van der Waals surface area contributed by atoms with E-state index in [9.17, 15) is 9.59 Å². The lowest BCUT2D eigenvalue weighted by atomic mass is 10.1. The number of halogens is 3. The van der Waals surface area contributed by atoms with Gasteiger partial charge in [-0.3, -0.25) is 4.79 Å². The highest BCUT2D eigenvalue weighted by atomic mass is 35.5. The molecule has 0 aliphatic carbocycles. The summed E-state index contributed by atoms with van der Waals surface area (Å²) < 4.78 is 5.32. The highest BCUT2D eigenvalue weighted by Gasteiger charge is 2.44. The van der Waals surface area contributed by atoms with E-state index in [0.717, 1.165) is 5.56 Å². The van der Waals surface area contributed by atoms with Crippen molar-refractivity contribution in [2.45, 2.75) is 24.8 Å². The first kappa shape index (κ1) is 21.3. The Kier molecular flexibility index (Phi) is 7.15. The molecule has 1 fully saturated rings. The van der Waals surface area contributed by atoms with Crippen LogP contribution in [-0.4, -0.2) is 35.2 Å². The maximum absolute atomic E-state index is 13.4. The summed E-state index contributed by atoms with van der Waals surface area (Å²) in [7, 11) is 0. The number of hydrogen-bond acceptors (Lipinski definition) is 4. The van der Waals surface area contributed by atoms with Gasteiger partial charge in [0.1, 0.15) is 11.4 Å². The van der Waals surface area contributed by atoms with Crippen molar-refractivity contribution in [1.29, 1.82) is 0 Å². The minimum Gasteiger partial charge on any atom is -0.464 e. The Balaban J connectivity index is 1.99. The Morgan fingerprint density at radius 2 is 1.89 bits per heavy atom. The molecule has 0 bridgehead atoms. The topological polar surface area (TPSA) is 46.6 Å². The first-order chi connectivity index (χ1) is 13.4. The number of hydrogen-bond donors (Lipinski definition) is 0. The molecule has 0 aromatic heterocycles. The zero-order valence-electron chi connectivity index (χ0n) is 15.0. The summed E-state index contributed by atoms with van der Waals surface area (Å²) >= 11 is 19.8. The van der Waals surface area contributed by atoms with Crippen molar-refractivity contribution >= 4 is 58.4 Å². The number of amides is 1. The highest BCUT2D eigenvalue weighted by molar-refractivity contribution is 7.99. The van der Waals surface area contributed by atoms with Gasteiger partial charge in [-0.05, 0) is 42.3 Å². The Labute approximate surface area is 183 Å². The number of carbonyl (C=O) groups excluding carboxylic acids is 2. The summed E-state index contributed by atoms with van der Waals surface area (Å²) in [5.41, 5.74) is 1.12. The minimum atomic E-state index is -0.709. The maximum Gasteiger partial charge on any atom is 0.329 e. The molecule has 2 atom stereocenters. The van der Waals surface area contributed by atoms with Gasteiger partial charge in [0.25, 0.3) is 5.91 Å². The summed E-state index contributed by atoms with van der Waals surface area (Å²) in [6.07, 6.45) is 0.709. The Bertz CT molecular complexity index is 893. The van der Waals surface area contributed by atoms with Crippen molar-refractivity contribution in [2.24, 2.45) is 0 Å². The first-order valence-corrected chi connectivity index (χ1v) is 10.9. The molecule has 1 aliphatic rings. The third-order valence-corrected chi connectivity index (χ3v) is 6.36. The van der Waals surface area contributed by atoms with Crippen LogP contribution in [0.15, 0.2) is 42.5 Å². The molecule has 2 aromatic carbocycles. The predicted octanol–water partition coefficient (Wildman–Crippen LogP) is 5.86. The monoisotopic (exact) mass is 457 g/mol. The van der Waals surface area contributed by atoms with E-state index in [2.05, 4.69) is 0 Å². The number of ether oxygens (including phenoxy) is 1. The van der Waals surface area contributed by atoms with E-state index in [4.69, 9.17) is 39.5 Å². The maximum atomic E-state index is 13.4. The van der Waals surface area contributed by atoms with Gasteiger partial charge >= 0.3 is 5.97 Å². The van der Waals surface area contributed by atoms with Crippen LogP contribution >= 0.6 is 46.6 Å². The largest absolute Gasteiger partial charge is 0.464 e. The van der Waals surface area contributed by atoms with Gasteiger partial charge in [0.15, 0.2) is 0 Å². The van der Waals surface area contributed by atoms with E-state index >= 15 is 0 Å². The summed E-state index contributed by atoms with van der Waals surface area (Å²) in [5, 5.41) is 0.853. The average Bonchev–Trinajstić information content (AvgIpc) is 3.11. The van der Waals surface area contributed by atoms with Crippen LogP contribution in [0.25, 0.3) is 0 Å². The van der Waals surface area contributed by atoms with Crippen LogP contribution in [-0.2, 0) is 9.53 Å². The molecule has 0 N–H and O–H groups in total. The van der Waals surface area contributed by atoms with Crippen molar-refractivity contribution in [3.8, 4) is 0 Å². The van der Waals surface area contributed by atoms with E-state index < -0.39 is 12.0 Å². The van der Waals surface area contributed by atoms with E-state index in [1.807, 2.05) is 19.1 Å². The van der Waals surface area contributed by atoms with E-state index in [-0.39, 0.29) is 21.9 Å². The molecule has 8 heteroatoms. The number of esters is 1. The molecule has 28 heavy (non-hydrogen) atoms. The van der Waals surface area contributed by atoms with Crippen LogP contribution in [0.1, 0.15) is 34.6 Å². The molecule has 148 valence electrons. The van der Waals surface area contributed by atoms with Gasteiger partial charge in [0.2, 0.25) is 0 Å². The second kappa shape index (κ2) is 9.40. The minimum absolute atomic E-state index is 0.236. The SMILES string of the molecule is CCCOC(=O)C1CSC(c2cccc(Cl)c2)N1C(=O)c1ccc(Cl)cc1Cl. The average molecular weight is 459 g/mol. The van der Waals surface area contributed by atoms with Gasteiger partial charge in [-0.2, -0.15) is 0 Å². The van der Waals surface area contributed by atoms with Gasteiger partial charge in [0.05, 0.1) is 17.2 Å². The quantitative estimate of drug-likeness (QED) is 0.527. The lowest BCUT2D eigenvalue weighted by Crippen LogP contribution is -2.44. The van der Waals surface area contributed by atoms with Crippen molar-refractivity contribution in [3.05, 3.63) is 68.7 Å². The second-order valence-electron chi connectivity index (χ2n) is 6.26. The Hall–Kier alpha value is -1.40. The fourth-order valence-corrected chi connectivity index (χ4v) is 5.05. The molecule has 1 heterocycles. The third-order valence-electron chi connectivity index (χ3n) is 4.25. The van der Waals surface area contributed by atoms with Crippen molar-refractivity contribution in [3.63, 3.8) is 0 Å². The normalized spacial score (nSPS) is 18.9. The van der Waals surface area contributed by atoms with Crippen LogP contribution in [0.5, 0.6) is 0 Å². The van der Waals surface area contributed by atoms with Gasteiger partial charge in [0, 0.05) is 15.8 Å². The number of rotatable bonds is 5. The number of nitrogens with zero attached hydrogens (tertiary/aromatic N) is 1. The third kappa shape index (κ3) is 4.60. The van der Waals surface area contributed by atoms with Crippen LogP contribution in [0.3, 0.4) is 0 Å². The zero-order valence-corrected chi connectivity index (χ0v) is 18.1.